The van der Waals surface area contributed by atoms with Gasteiger partial charge in [0.2, 0.25) is 0 Å². The Morgan fingerprint density at radius 2 is 2.25 bits per heavy atom. The minimum absolute atomic E-state index is 0.0691. The van der Waals surface area contributed by atoms with E-state index in [9.17, 15) is 0 Å². The normalized spacial score (nSPS) is 12.4. The van der Waals surface area contributed by atoms with Crippen molar-refractivity contribution in [2.24, 2.45) is 4.99 Å². The van der Waals surface area contributed by atoms with Crippen LogP contribution >= 0.6 is 11.3 Å². The van der Waals surface area contributed by atoms with Crippen LogP contribution in [0.1, 0.15) is 24.4 Å². The second kappa shape index (κ2) is 6.56. The molecule has 108 valence electrons. The van der Waals surface area contributed by atoms with Gasteiger partial charge in [0.25, 0.3) is 0 Å². The molecular weight excluding hydrogens is 272 g/mol. The Kier molecular flexibility index (Phi) is 4.79. The van der Waals surface area contributed by atoms with Crippen LogP contribution in [0.3, 0.4) is 0 Å². The summed E-state index contributed by atoms with van der Waals surface area (Å²) >= 11 is 1.78. The molecule has 2 heterocycles. The monoisotopic (exact) mass is 292 g/mol. The number of thiophene rings is 1. The van der Waals surface area contributed by atoms with Crippen molar-refractivity contribution in [3.05, 3.63) is 40.4 Å². The fraction of sp³-hybridized carbons (Fsp3) is 0.429. The van der Waals surface area contributed by atoms with Crippen molar-refractivity contribution in [2.45, 2.75) is 25.8 Å². The van der Waals surface area contributed by atoms with Gasteiger partial charge in [0.1, 0.15) is 12.0 Å². The minimum Gasteiger partial charge on any atom is -0.364 e. The smallest absolute Gasteiger partial charge is 0.191 e. The Balaban J connectivity index is 1.85. The fourth-order valence-corrected chi connectivity index (χ4v) is 2.63. The van der Waals surface area contributed by atoms with E-state index in [1.165, 1.54) is 4.88 Å². The summed E-state index contributed by atoms with van der Waals surface area (Å²) in [6.07, 6.45) is 1.56. The van der Waals surface area contributed by atoms with Crippen LogP contribution in [0.25, 0.3) is 0 Å². The molecule has 0 unspecified atom stereocenters. The van der Waals surface area contributed by atoms with Crippen LogP contribution in [0.5, 0.6) is 0 Å². The highest BCUT2D eigenvalue weighted by molar-refractivity contribution is 7.10. The van der Waals surface area contributed by atoms with Crippen molar-refractivity contribution in [2.75, 3.05) is 13.6 Å². The molecule has 2 aromatic heterocycles. The summed E-state index contributed by atoms with van der Waals surface area (Å²) in [6.45, 7) is 5.84. The van der Waals surface area contributed by atoms with Crippen LogP contribution in [0.2, 0.25) is 0 Å². The van der Waals surface area contributed by atoms with Gasteiger partial charge in [0, 0.05) is 30.0 Å². The molecule has 0 fully saturated rings. The number of guanidine groups is 1. The molecule has 0 amide bonds. The second-order valence-electron chi connectivity index (χ2n) is 5.13. The van der Waals surface area contributed by atoms with E-state index < -0.39 is 0 Å². The van der Waals surface area contributed by atoms with E-state index in [1.54, 1.807) is 24.6 Å². The fourth-order valence-electron chi connectivity index (χ4n) is 1.78. The number of aliphatic imine (C=N–C) groups is 1. The third kappa shape index (κ3) is 3.84. The van der Waals surface area contributed by atoms with Crippen molar-refractivity contribution < 1.29 is 4.52 Å². The maximum absolute atomic E-state index is 4.79. The molecular formula is C14H20N4OS. The molecule has 5 nitrogen and oxygen atoms in total. The summed E-state index contributed by atoms with van der Waals surface area (Å²) < 4.78 is 4.79. The zero-order valence-corrected chi connectivity index (χ0v) is 12.8. The lowest BCUT2D eigenvalue weighted by molar-refractivity contribution is 0.410. The topological polar surface area (TPSA) is 62.5 Å². The first kappa shape index (κ1) is 14.6. The van der Waals surface area contributed by atoms with Gasteiger partial charge in [-0.25, -0.2) is 0 Å². The Hall–Kier alpha value is -1.82. The maximum Gasteiger partial charge on any atom is 0.191 e. The number of hydrogen-bond donors (Lipinski definition) is 2. The number of nitrogens with zero attached hydrogens (tertiary/aromatic N) is 2. The molecule has 20 heavy (non-hydrogen) atoms. The quantitative estimate of drug-likeness (QED) is 0.656. The zero-order valence-electron chi connectivity index (χ0n) is 12.0. The van der Waals surface area contributed by atoms with Crippen molar-refractivity contribution >= 4 is 17.3 Å². The molecule has 0 aliphatic heterocycles. The lowest BCUT2D eigenvalue weighted by atomic mass is 9.91. The van der Waals surface area contributed by atoms with Gasteiger partial charge < -0.3 is 15.2 Å². The number of hydrogen-bond acceptors (Lipinski definition) is 4. The first-order chi connectivity index (χ1) is 9.62. The van der Waals surface area contributed by atoms with E-state index in [1.807, 2.05) is 6.07 Å². The summed E-state index contributed by atoms with van der Waals surface area (Å²) in [7, 11) is 1.76. The SMILES string of the molecule is CN=C(NCc1ccon1)NCC(C)(C)c1cccs1. The van der Waals surface area contributed by atoms with E-state index in [-0.39, 0.29) is 5.41 Å². The molecule has 0 aliphatic rings. The summed E-state index contributed by atoms with van der Waals surface area (Å²) in [4.78, 5) is 5.57. The Morgan fingerprint density at radius 1 is 1.40 bits per heavy atom. The highest BCUT2D eigenvalue weighted by atomic mass is 32.1. The molecule has 6 heteroatoms. The highest BCUT2D eigenvalue weighted by Gasteiger charge is 2.21. The molecule has 0 bridgehead atoms. The van der Waals surface area contributed by atoms with Gasteiger partial charge in [-0.05, 0) is 11.4 Å². The predicted octanol–water partition coefficient (Wildman–Crippen LogP) is 2.38. The molecule has 0 spiro atoms. The van der Waals surface area contributed by atoms with Crippen LogP contribution in [0, 0.1) is 0 Å². The lowest BCUT2D eigenvalue weighted by Gasteiger charge is -2.24. The van der Waals surface area contributed by atoms with Gasteiger partial charge in [-0.3, -0.25) is 4.99 Å². The molecule has 0 radical (unpaired) electrons. The standard InChI is InChI=1S/C14H20N4OS/c1-14(2,12-5-4-8-20-12)10-17-13(15-3)16-9-11-6-7-19-18-11/h4-8H,9-10H2,1-3H3,(H2,15,16,17). The van der Waals surface area contributed by atoms with Crippen LogP contribution in [0.4, 0.5) is 0 Å². The molecule has 0 aromatic carbocycles. The van der Waals surface area contributed by atoms with E-state index >= 15 is 0 Å². The summed E-state index contributed by atoms with van der Waals surface area (Å²) in [5, 5.41) is 12.5. The van der Waals surface area contributed by atoms with Crippen LogP contribution in [-0.4, -0.2) is 24.7 Å². The van der Waals surface area contributed by atoms with Crippen molar-refractivity contribution in [3.8, 4) is 0 Å². The number of rotatable bonds is 5. The van der Waals surface area contributed by atoms with E-state index in [4.69, 9.17) is 4.52 Å². The number of aromatic nitrogens is 1. The van der Waals surface area contributed by atoms with Crippen molar-refractivity contribution in [1.82, 2.24) is 15.8 Å². The lowest BCUT2D eigenvalue weighted by Crippen LogP contribution is -2.43. The third-order valence-corrected chi connectivity index (χ3v) is 4.27. The molecule has 0 saturated heterocycles. The van der Waals surface area contributed by atoms with E-state index in [0.717, 1.165) is 18.2 Å². The Bertz CT molecular complexity index is 532. The zero-order chi connectivity index (χ0) is 14.4. The first-order valence-corrected chi connectivity index (χ1v) is 7.37. The molecule has 2 N–H and O–H groups in total. The van der Waals surface area contributed by atoms with Crippen LogP contribution in [0.15, 0.2) is 39.4 Å². The predicted molar refractivity (Wildman–Crippen MR) is 82.0 cm³/mol. The maximum atomic E-state index is 4.79. The Labute approximate surface area is 123 Å². The average molecular weight is 292 g/mol. The van der Waals surface area contributed by atoms with Crippen molar-refractivity contribution in [3.63, 3.8) is 0 Å². The van der Waals surface area contributed by atoms with Gasteiger partial charge in [-0.2, -0.15) is 0 Å². The van der Waals surface area contributed by atoms with E-state index in [0.29, 0.717) is 6.54 Å². The largest absolute Gasteiger partial charge is 0.364 e. The molecule has 2 rings (SSSR count). The van der Waals surface area contributed by atoms with E-state index in [2.05, 4.69) is 52.1 Å². The van der Waals surface area contributed by atoms with Gasteiger partial charge >= 0.3 is 0 Å². The Morgan fingerprint density at radius 3 is 2.85 bits per heavy atom. The minimum atomic E-state index is 0.0691. The third-order valence-electron chi connectivity index (χ3n) is 3.04. The summed E-state index contributed by atoms with van der Waals surface area (Å²) in [5.41, 5.74) is 0.921. The van der Waals surface area contributed by atoms with Gasteiger partial charge in [0.05, 0.1) is 6.54 Å². The molecule has 0 aliphatic carbocycles. The van der Waals surface area contributed by atoms with Gasteiger partial charge in [0.15, 0.2) is 5.96 Å². The number of nitrogens with one attached hydrogen (secondary N) is 2. The van der Waals surface area contributed by atoms with Crippen molar-refractivity contribution in [1.29, 1.82) is 0 Å². The highest BCUT2D eigenvalue weighted by Crippen LogP contribution is 2.26. The molecule has 2 aromatic rings. The van der Waals surface area contributed by atoms with Gasteiger partial charge in [-0.1, -0.05) is 25.1 Å². The average Bonchev–Trinajstić information content (AvgIpc) is 3.12. The summed E-state index contributed by atoms with van der Waals surface area (Å²) in [5.74, 6) is 0.762. The molecule has 0 atom stereocenters. The molecule has 0 saturated carbocycles. The summed E-state index contributed by atoms with van der Waals surface area (Å²) in [6, 6.07) is 6.08. The van der Waals surface area contributed by atoms with Gasteiger partial charge in [-0.15, -0.1) is 11.3 Å². The second-order valence-corrected chi connectivity index (χ2v) is 6.08. The van der Waals surface area contributed by atoms with Crippen LogP contribution < -0.4 is 10.6 Å². The van der Waals surface area contributed by atoms with Crippen LogP contribution in [-0.2, 0) is 12.0 Å². The first-order valence-electron chi connectivity index (χ1n) is 6.49.